The first-order valence-electron chi connectivity index (χ1n) is 7.46. The Kier molecular flexibility index (Phi) is 5.14. The molecule has 2 amide bonds. The van der Waals surface area contributed by atoms with Crippen LogP contribution in [-0.2, 0) is 20.8 Å². The summed E-state index contributed by atoms with van der Waals surface area (Å²) in [7, 11) is 0. The second-order valence-electron chi connectivity index (χ2n) is 5.33. The first kappa shape index (κ1) is 16.0. The van der Waals surface area contributed by atoms with Gasteiger partial charge in [0.15, 0.2) is 0 Å². The summed E-state index contributed by atoms with van der Waals surface area (Å²) in [6.07, 6.45) is 1.79. The van der Waals surface area contributed by atoms with Gasteiger partial charge in [-0.25, -0.2) is 0 Å². The van der Waals surface area contributed by atoms with Crippen LogP contribution < -0.4 is 10.2 Å². The van der Waals surface area contributed by atoms with E-state index in [4.69, 9.17) is 5.11 Å². The van der Waals surface area contributed by atoms with Crippen molar-refractivity contribution in [2.75, 3.05) is 16.8 Å². The van der Waals surface area contributed by atoms with Crippen molar-refractivity contribution in [2.24, 2.45) is 0 Å². The second-order valence-corrected chi connectivity index (χ2v) is 5.33. The zero-order valence-electron chi connectivity index (χ0n) is 12.6. The number of anilines is 2. The molecule has 0 fully saturated rings. The monoisotopic (exact) mass is 304 g/mol. The van der Waals surface area contributed by atoms with Crippen LogP contribution in [0.4, 0.5) is 11.4 Å². The van der Waals surface area contributed by atoms with Crippen LogP contribution in [0.3, 0.4) is 0 Å². The minimum absolute atomic E-state index is 0.0487. The molecule has 0 aromatic heterocycles. The Hall–Kier alpha value is -2.37. The van der Waals surface area contributed by atoms with E-state index < -0.39 is 5.97 Å². The number of benzene rings is 1. The molecule has 0 atom stereocenters. The summed E-state index contributed by atoms with van der Waals surface area (Å²) in [4.78, 5) is 35.9. The van der Waals surface area contributed by atoms with E-state index in [2.05, 4.69) is 5.32 Å². The maximum atomic E-state index is 12.0. The molecule has 0 aliphatic carbocycles. The number of carboxylic acid groups (broad SMARTS) is 1. The van der Waals surface area contributed by atoms with E-state index in [-0.39, 0.29) is 24.7 Å². The second kappa shape index (κ2) is 7.06. The largest absolute Gasteiger partial charge is 0.481 e. The molecule has 2 N–H and O–H groups in total. The van der Waals surface area contributed by atoms with Crippen molar-refractivity contribution in [1.29, 1.82) is 0 Å². The van der Waals surface area contributed by atoms with Gasteiger partial charge in [0.05, 0.1) is 6.42 Å². The van der Waals surface area contributed by atoms with Gasteiger partial charge in [0.25, 0.3) is 0 Å². The smallest absolute Gasteiger partial charge is 0.303 e. The van der Waals surface area contributed by atoms with Gasteiger partial charge in [-0.3, -0.25) is 14.4 Å². The lowest BCUT2D eigenvalue weighted by Gasteiger charge is -2.29. The zero-order chi connectivity index (χ0) is 16.1. The van der Waals surface area contributed by atoms with Crippen LogP contribution in [0.5, 0.6) is 0 Å². The number of rotatable bonds is 6. The molecule has 0 saturated carbocycles. The summed E-state index contributed by atoms with van der Waals surface area (Å²) >= 11 is 0. The van der Waals surface area contributed by atoms with E-state index in [9.17, 15) is 14.4 Å². The predicted molar refractivity (Wildman–Crippen MR) is 82.9 cm³/mol. The van der Waals surface area contributed by atoms with Gasteiger partial charge in [-0.2, -0.15) is 0 Å². The molecule has 1 aromatic rings. The number of carbonyl (C=O) groups is 3. The molecule has 0 radical (unpaired) electrons. The lowest BCUT2D eigenvalue weighted by atomic mass is 10.00. The van der Waals surface area contributed by atoms with Crippen molar-refractivity contribution >= 4 is 29.2 Å². The van der Waals surface area contributed by atoms with Gasteiger partial charge >= 0.3 is 5.97 Å². The number of hydrogen-bond donors (Lipinski definition) is 2. The fourth-order valence-corrected chi connectivity index (χ4v) is 2.55. The Labute approximate surface area is 129 Å². The Morgan fingerprint density at radius 3 is 2.73 bits per heavy atom. The van der Waals surface area contributed by atoms with Crippen LogP contribution >= 0.6 is 0 Å². The lowest BCUT2D eigenvalue weighted by molar-refractivity contribution is -0.138. The van der Waals surface area contributed by atoms with Crippen molar-refractivity contribution in [2.45, 2.75) is 39.0 Å². The number of amides is 2. The molecule has 0 spiro atoms. The quantitative estimate of drug-likeness (QED) is 0.843. The van der Waals surface area contributed by atoms with Crippen molar-refractivity contribution < 1.29 is 19.5 Å². The standard InChI is InChI=1S/C16H20N2O4/c1-2-9-18-13-5-4-12(10-11(13)3-7-15(18)20)17-14(19)6-8-16(21)22/h4-5,10H,2-3,6-9H2,1H3,(H,17,19)(H,21,22). The van der Waals surface area contributed by atoms with E-state index in [1.54, 1.807) is 11.0 Å². The Bertz CT molecular complexity index is 598. The van der Waals surface area contributed by atoms with Crippen molar-refractivity contribution in [3.63, 3.8) is 0 Å². The van der Waals surface area contributed by atoms with Gasteiger partial charge in [0.2, 0.25) is 11.8 Å². The predicted octanol–water partition coefficient (Wildman–Crippen LogP) is 2.18. The number of carbonyl (C=O) groups excluding carboxylic acids is 2. The fraction of sp³-hybridized carbons (Fsp3) is 0.438. The van der Waals surface area contributed by atoms with Gasteiger partial charge in [-0.05, 0) is 36.6 Å². The third-order valence-electron chi connectivity index (χ3n) is 3.58. The minimum Gasteiger partial charge on any atom is -0.481 e. The molecule has 2 rings (SSSR count). The minimum atomic E-state index is -0.991. The van der Waals surface area contributed by atoms with Crippen LogP contribution in [0.1, 0.15) is 38.2 Å². The molecular weight excluding hydrogens is 284 g/mol. The lowest BCUT2D eigenvalue weighted by Crippen LogP contribution is -2.35. The highest BCUT2D eigenvalue weighted by molar-refractivity contribution is 5.97. The number of nitrogens with zero attached hydrogens (tertiary/aromatic N) is 1. The highest BCUT2D eigenvalue weighted by Crippen LogP contribution is 2.30. The van der Waals surface area contributed by atoms with Crippen LogP contribution in [0.2, 0.25) is 0 Å². The molecule has 0 unspecified atom stereocenters. The number of carboxylic acids is 1. The van der Waals surface area contributed by atoms with E-state index in [0.29, 0.717) is 25.1 Å². The van der Waals surface area contributed by atoms with Gasteiger partial charge in [0, 0.05) is 30.8 Å². The zero-order valence-corrected chi connectivity index (χ0v) is 12.6. The van der Waals surface area contributed by atoms with Crippen LogP contribution in [0.15, 0.2) is 18.2 Å². The maximum absolute atomic E-state index is 12.0. The summed E-state index contributed by atoms with van der Waals surface area (Å²) in [6, 6.07) is 5.46. The first-order valence-corrected chi connectivity index (χ1v) is 7.46. The number of hydrogen-bond acceptors (Lipinski definition) is 3. The van der Waals surface area contributed by atoms with E-state index >= 15 is 0 Å². The molecule has 1 aromatic carbocycles. The van der Waals surface area contributed by atoms with E-state index in [1.807, 2.05) is 19.1 Å². The summed E-state index contributed by atoms with van der Waals surface area (Å²) < 4.78 is 0. The fourth-order valence-electron chi connectivity index (χ4n) is 2.55. The molecule has 1 aliphatic rings. The van der Waals surface area contributed by atoms with Crippen LogP contribution in [-0.4, -0.2) is 29.4 Å². The summed E-state index contributed by atoms with van der Waals surface area (Å²) in [6.45, 7) is 2.72. The van der Waals surface area contributed by atoms with Crippen molar-refractivity contribution in [3.05, 3.63) is 23.8 Å². The molecule has 1 heterocycles. The highest BCUT2D eigenvalue weighted by atomic mass is 16.4. The topological polar surface area (TPSA) is 86.7 Å². The third kappa shape index (κ3) is 3.84. The highest BCUT2D eigenvalue weighted by Gasteiger charge is 2.23. The normalized spacial score (nSPS) is 13.7. The van der Waals surface area contributed by atoms with Gasteiger partial charge in [-0.15, -0.1) is 0 Å². The maximum Gasteiger partial charge on any atom is 0.303 e. The number of fused-ring (bicyclic) bond motifs is 1. The van der Waals surface area contributed by atoms with Crippen LogP contribution in [0.25, 0.3) is 0 Å². The summed E-state index contributed by atoms with van der Waals surface area (Å²) in [5, 5.41) is 11.3. The summed E-state index contributed by atoms with van der Waals surface area (Å²) in [5.41, 5.74) is 2.57. The van der Waals surface area contributed by atoms with Crippen LogP contribution in [0, 0.1) is 0 Å². The van der Waals surface area contributed by atoms with Gasteiger partial charge in [0.1, 0.15) is 0 Å². The average Bonchev–Trinajstić information content (AvgIpc) is 2.48. The van der Waals surface area contributed by atoms with E-state index in [0.717, 1.165) is 17.7 Å². The SMILES string of the molecule is CCCN1C(=O)CCc2cc(NC(=O)CCC(=O)O)ccc21. The van der Waals surface area contributed by atoms with E-state index in [1.165, 1.54) is 0 Å². The molecule has 0 saturated heterocycles. The number of aliphatic carboxylic acids is 1. The summed E-state index contributed by atoms with van der Waals surface area (Å²) in [5.74, 6) is -1.18. The van der Waals surface area contributed by atoms with Gasteiger partial charge in [-0.1, -0.05) is 6.92 Å². The molecule has 6 heteroatoms. The molecule has 6 nitrogen and oxygen atoms in total. The molecule has 1 aliphatic heterocycles. The molecule has 22 heavy (non-hydrogen) atoms. The molecular formula is C16H20N2O4. The number of aryl methyl sites for hydroxylation is 1. The van der Waals surface area contributed by atoms with Gasteiger partial charge < -0.3 is 15.3 Å². The Morgan fingerprint density at radius 2 is 2.05 bits per heavy atom. The Morgan fingerprint density at radius 1 is 1.27 bits per heavy atom. The first-order chi connectivity index (χ1) is 10.5. The Balaban J connectivity index is 2.09. The average molecular weight is 304 g/mol. The van der Waals surface area contributed by atoms with Crippen molar-refractivity contribution in [3.8, 4) is 0 Å². The molecule has 118 valence electrons. The number of nitrogens with one attached hydrogen (secondary N) is 1. The van der Waals surface area contributed by atoms with Crippen molar-refractivity contribution in [1.82, 2.24) is 0 Å². The third-order valence-corrected chi connectivity index (χ3v) is 3.58. The molecule has 0 bridgehead atoms.